The third kappa shape index (κ3) is 2.89. The summed E-state index contributed by atoms with van der Waals surface area (Å²) in [7, 11) is 1.59. The number of ether oxygens (including phenoxy) is 1. The third-order valence-corrected chi connectivity index (χ3v) is 3.61. The Balaban J connectivity index is 2.28. The summed E-state index contributed by atoms with van der Waals surface area (Å²) in [6.45, 7) is 5.14. The lowest BCUT2D eigenvalue weighted by Crippen LogP contribution is -2.40. The van der Waals surface area contributed by atoms with Crippen LogP contribution in [0.25, 0.3) is 0 Å². The monoisotopic (exact) mass is 263 g/mol. The lowest BCUT2D eigenvalue weighted by atomic mass is 10.0. The van der Waals surface area contributed by atoms with E-state index >= 15 is 0 Å². The quantitative estimate of drug-likeness (QED) is 0.886. The Labute approximate surface area is 114 Å². The second kappa shape index (κ2) is 5.61. The molecule has 4 heteroatoms. The molecule has 19 heavy (non-hydrogen) atoms. The molecule has 1 aromatic rings. The maximum atomic E-state index is 12.6. The SMILES string of the molecule is COc1c(C)cc(C)cc1C(=O)N1CCC(O)CC1. The van der Waals surface area contributed by atoms with E-state index in [9.17, 15) is 9.90 Å². The average Bonchev–Trinajstić information content (AvgIpc) is 2.38. The smallest absolute Gasteiger partial charge is 0.257 e. The van der Waals surface area contributed by atoms with Crippen LogP contribution >= 0.6 is 0 Å². The Morgan fingerprint density at radius 1 is 1.32 bits per heavy atom. The molecule has 1 aliphatic heterocycles. The summed E-state index contributed by atoms with van der Waals surface area (Å²) < 4.78 is 5.37. The molecule has 1 aliphatic rings. The van der Waals surface area contributed by atoms with Crippen LogP contribution in [0.5, 0.6) is 5.75 Å². The summed E-state index contributed by atoms with van der Waals surface area (Å²) >= 11 is 0. The van der Waals surface area contributed by atoms with Crippen molar-refractivity contribution in [3.05, 3.63) is 28.8 Å². The molecule has 4 nitrogen and oxygen atoms in total. The van der Waals surface area contributed by atoms with E-state index in [0.717, 1.165) is 11.1 Å². The van der Waals surface area contributed by atoms with E-state index < -0.39 is 0 Å². The maximum Gasteiger partial charge on any atom is 0.257 e. The summed E-state index contributed by atoms with van der Waals surface area (Å²) in [5.74, 6) is 0.650. The standard InChI is InChI=1S/C15H21NO3/c1-10-8-11(2)14(19-3)13(9-10)15(18)16-6-4-12(17)5-7-16/h8-9,12,17H,4-7H2,1-3H3. The number of hydrogen-bond acceptors (Lipinski definition) is 3. The number of amides is 1. The molecule has 1 heterocycles. The second-order valence-electron chi connectivity index (χ2n) is 5.19. The highest BCUT2D eigenvalue weighted by atomic mass is 16.5. The summed E-state index contributed by atoms with van der Waals surface area (Å²) in [5, 5.41) is 9.51. The highest BCUT2D eigenvalue weighted by Gasteiger charge is 2.25. The lowest BCUT2D eigenvalue weighted by molar-refractivity contribution is 0.0543. The number of benzene rings is 1. The van der Waals surface area contributed by atoms with Crippen LogP contribution in [0, 0.1) is 13.8 Å². The molecular weight excluding hydrogens is 242 g/mol. The van der Waals surface area contributed by atoms with Crippen LogP contribution in [-0.2, 0) is 0 Å². The van der Waals surface area contributed by atoms with Crippen molar-refractivity contribution in [2.75, 3.05) is 20.2 Å². The number of methoxy groups -OCH3 is 1. The van der Waals surface area contributed by atoms with Crippen LogP contribution in [0.3, 0.4) is 0 Å². The van der Waals surface area contributed by atoms with Crippen molar-refractivity contribution in [3.63, 3.8) is 0 Å². The van der Waals surface area contributed by atoms with Gasteiger partial charge < -0.3 is 14.7 Å². The first-order valence-electron chi connectivity index (χ1n) is 6.65. The molecule has 2 rings (SSSR count). The first-order valence-corrected chi connectivity index (χ1v) is 6.65. The number of rotatable bonds is 2. The molecule has 1 fully saturated rings. The second-order valence-corrected chi connectivity index (χ2v) is 5.19. The van der Waals surface area contributed by atoms with E-state index in [1.807, 2.05) is 26.0 Å². The molecule has 0 atom stereocenters. The summed E-state index contributed by atoms with van der Waals surface area (Å²) in [4.78, 5) is 14.3. The Hall–Kier alpha value is -1.55. The number of likely N-dealkylation sites (tertiary alicyclic amines) is 1. The van der Waals surface area contributed by atoms with Gasteiger partial charge in [-0.2, -0.15) is 0 Å². The number of hydrogen-bond donors (Lipinski definition) is 1. The topological polar surface area (TPSA) is 49.8 Å². The van der Waals surface area contributed by atoms with Gasteiger partial charge in [0.25, 0.3) is 5.91 Å². The zero-order valence-electron chi connectivity index (χ0n) is 11.8. The maximum absolute atomic E-state index is 12.6. The fourth-order valence-corrected chi connectivity index (χ4v) is 2.62. The first-order chi connectivity index (χ1) is 9.02. The van der Waals surface area contributed by atoms with Crippen LogP contribution in [0.15, 0.2) is 12.1 Å². The van der Waals surface area contributed by atoms with Crippen molar-refractivity contribution in [1.82, 2.24) is 4.90 Å². The van der Waals surface area contributed by atoms with Gasteiger partial charge in [0.2, 0.25) is 0 Å². The minimum absolute atomic E-state index is 0.00412. The number of nitrogens with zero attached hydrogens (tertiary/aromatic N) is 1. The van der Waals surface area contributed by atoms with Gasteiger partial charge in [-0.3, -0.25) is 4.79 Å². The number of aryl methyl sites for hydroxylation is 2. The third-order valence-electron chi connectivity index (χ3n) is 3.61. The number of aliphatic hydroxyl groups excluding tert-OH is 1. The molecule has 1 aromatic carbocycles. The fourth-order valence-electron chi connectivity index (χ4n) is 2.62. The Kier molecular flexibility index (Phi) is 4.10. The predicted octanol–water partition coefficient (Wildman–Crippen LogP) is 1.91. The molecule has 104 valence electrons. The number of carbonyl (C=O) groups is 1. The van der Waals surface area contributed by atoms with Crippen molar-refractivity contribution < 1.29 is 14.6 Å². The molecule has 0 bridgehead atoms. The van der Waals surface area contributed by atoms with Gasteiger partial charge in [0.05, 0.1) is 18.8 Å². The Morgan fingerprint density at radius 3 is 2.53 bits per heavy atom. The number of piperidine rings is 1. The zero-order chi connectivity index (χ0) is 14.0. The van der Waals surface area contributed by atoms with Crippen molar-refractivity contribution in [3.8, 4) is 5.75 Å². The largest absolute Gasteiger partial charge is 0.496 e. The van der Waals surface area contributed by atoms with E-state index in [0.29, 0.717) is 37.2 Å². The van der Waals surface area contributed by atoms with E-state index in [2.05, 4.69) is 0 Å². The molecule has 0 saturated carbocycles. The Morgan fingerprint density at radius 2 is 1.95 bits per heavy atom. The average molecular weight is 263 g/mol. The van der Waals surface area contributed by atoms with Crippen LogP contribution in [0.1, 0.15) is 34.3 Å². The highest BCUT2D eigenvalue weighted by Crippen LogP contribution is 2.27. The molecule has 0 spiro atoms. The summed E-state index contributed by atoms with van der Waals surface area (Å²) in [6, 6.07) is 3.88. The number of carbonyl (C=O) groups excluding carboxylic acids is 1. The van der Waals surface area contributed by atoms with E-state index in [1.165, 1.54) is 0 Å². The van der Waals surface area contributed by atoms with Crippen molar-refractivity contribution in [1.29, 1.82) is 0 Å². The molecule has 1 N–H and O–H groups in total. The van der Waals surface area contributed by atoms with Gasteiger partial charge in [0, 0.05) is 13.1 Å². The van der Waals surface area contributed by atoms with Gasteiger partial charge in [0.15, 0.2) is 0 Å². The fraction of sp³-hybridized carbons (Fsp3) is 0.533. The van der Waals surface area contributed by atoms with Gasteiger partial charge in [-0.05, 0) is 43.9 Å². The molecule has 1 amide bonds. The van der Waals surface area contributed by atoms with Crippen molar-refractivity contribution >= 4 is 5.91 Å². The molecule has 0 radical (unpaired) electrons. The first kappa shape index (κ1) is 13.9. The zero-order valence-corrected chi connectivity index (χ0v) is 11.8. The van der Waals surface area contributed by atoms with Crippen molar-refractivity contribution in [2.24, 2.45) is 0 Å². The normalized spacial score (nSPS) is 16.5. The minimum atomic E-state index is -0.273. The van der Waals surface area contributed by atoms with Gasteiger partial charge >= 0.3 is 0 Å². The molecule has 0 aromatic heterocycles. The van der Waals surface area contributed by atoms with E-state index in [4.69, 9.17) is 4.74 Å². The molecular formula is C15H21NO3. The van der Waals surface area contributed by atoms with Crippen LogP contribution < -0.4 is 4.74 Å². The summed E-state index contributed by atoms with van der Waals surface area (Å²) in [5.41, 5.74) is 2.65. The van der Waals surface area contributed by atoms with Crippen LogP contribution in [-0.4, -0.2) is 42.2 Å². The predicted molar refractivity (Wildman–Crippen MR) is 73.6 cm³/mol. The van der Waals surface area contributed by atoms with Crippen molar-refractivity contribution in [2.45, 2.75) is 32.8 Å². The highest BCUT2D eigenvalue weighted by molar-refractivity contribution is 5.97. The van der Waals surface area contributed by atoms with Gasteiger partial charge in [-0.1, -0.05) is 6.07 Å². The molecule has 0 unspecified atom stereocenters. The lowest BCUT2D eigenvalue weighted by Gasteiger charge is -2.30. The molecule has 0 aliphatic carbocycles. The van der Waals surface area contributed by atoms with Crippen LogP contribution in [0.4, 0.5) is 0 Å². The summed E-state index contributed by atoms with van der Waals surface area (Å²) in [6.07, 6.45) is 1.03. The molecule has 1 saturated heterocycles. The van der Waals surface area contributed by atoms with Crippen LogP contribution in [0.2, 0.25) is 0 Å². The van der Waals surface area contributed by atoms with Gasteiger partial charge in [0.1, 0.15) is 5.75 Å². The van der Waals surface area contributed by atoms with Gasteiger partial charge in [-0.15, -0.1) is 0 Å². The number of aliphatic hydroxyl groups is 1. The van der Waals surface area contributed by atoms with Gasteiger partial charge in [-0.25, -0.2) is 0 Å². The minimum Gasteiger partial charge on any atom is -0.496 e. The van der Waals surface area contributed by atoms with E-state index in [-0.39, 0.29) is 12.0 Å². The van der Waals surface area contributed by atoms with E-state index in [1.54, 1.807) is 12.0 Å². The Bertz CT molecular complexity index is 477.